The summed E-state index contributed by atoms with van der Waals surface area (Å²) in [4.78, 5) is 10.7. The summed E-state index contributed by atoms with van der Waals surface area (Å²) in [5, 5.41) is 8.91. The number of hydrogen-bond acceptors (Lipinski definition) is 3. The van der Waals surface area contributed by atoms with E-state index in [9.17, 15) is 4.79 Å². The number of carbonyl (C=O) groups is 1. The van der Waals surface area contributed by atoms with E-state index in [0.29, 0.717) is 11.3 Å². The molecule has 0 spiro atoms. The number of thioether (sulfide) groups is 1. The summed E-state index contributed by atoms with van der Waals surface area (Å²) in [6.07, 6.45) is 0. The molecule has 0 bridgehead atoms. The van der Waals surface area contributed by atoms with Gasteiger partial charge < -0.3 is 0 Å². The monoisotopic (exact) mass is 229 g/mol. The molecule has 0 unspecified atom stereocenters. The van der Waals surface area contributed by atoms with E-state index >= 15 is 0 Å². The Labute approximate surface area is 99.7 Å². The second kappa shape index (κ2) is 6.00. The zero-order valence-corrected chi connectivity index (χ0v) is 10.0. The van der Waals surface area contributed by atoms with Crippen LogP contribution in [0.3, 0.4) is 0 Å². The third kappa shape index (κ3) is 3.81. The van der Waals surface area contributed by atoms with Crippen LogP contribution in [0.15, 0.2) is 18.2 Å². The van der Waals surface area contributed by atoms with Gasteiger partial charge in [-0.3, -0.25) is 4.79 Å². The first-order valence-electron chi connectivity index (χ1n) is 4.76. The SMILES string of the molecule is CC(=O)SCC#Cc1ccc(C)c(C#N)c1. The largest absolute Gasteiger partial charge is 0.288 e. The van der Waals surface area contributed by atoms with Crippen LogP contribution in [0, 0.1) is 30.1 Å². The van der Waals surface area contributed by atoms with Crippen molar-refractivity contribution in [3.8, 4) is 17.9 Å². The average molecular weight is 229 g/mol. The van der Waals surface area contributed by atoms with E-state index in [2.05, 4.69) is 17.9 Å². The molecule has 1 aromatic carbocycles. The molecule has 0 atom stereocenters. The third-order valence-corrected chi connectivity index (χ3v) is 2.63. The van der Waals surface area contributed by atoms with Crippen LogP contribution in [0.1, 0.15) is 23.6 Å². The standard InChI is InChI=1S/C13H11NOS/c1-10-5-6-12(8-13(10)9-14)4-3-7-16-11(2)15/h5-6,8H,7H2,1-2H3. The molecule has 16 heavy (non-hydrogen) atoms. The van der Waals surface area contributed by atoms with Crippen molar-refractivity contribution in [1.29, 1.82) is 5.26 Å². The highest BCUT2D eigenvalue weighted by molar-refractivity contribution is 8.13. The first kappa shape index (κ1) is 12.4. The smallest absolute Gasteiger partial charge is 0.186 e. The minimum absolute atomic E-state index is 0.0657. The summed E-state index contributed by atoms with van der Waals surface area (Å²) in [7, 11) is 0. The highest BCUT2D eigenvalue weighted by Crippen LogP contribution is 2.09. The van der Waals surface area contributed by atoms with Gasteiger partial charge in [-0.05, 0) is 24.6 Å². The highest BCUT2D eigenvalue weighted by atomic mass is 32.2. The number of nitrogens with zero attached hydrogens (tertiary/aromatic N) is 1. The molecule has 3 heteroatoms. The molecule has 0 saturated carbocycles. The summed E-state index contributed by atoms with van der Waals surface area (Å²) in [6.45, 7) is 3.41. The van der Waals surface area contributed by atoms with E-state index in [1.807, 2.05) is 19.1 Å². The van der Waals surface area contributed by atoms with Gasteiger partial charge in [0, 0.05) is 12.5 Å². The lowest BCUT2D eigenvalue weighted by atomic mass is 10.1. The first-order valence-corrected chi connectivity index (χ1v) is 5.75. The van der Waals surface area contributed by atoms with E-state index < -0.39 is 0 Å². The van der Waals surface area contributed by atoms with Crippen molar-refractivity contribution in [1.82, 2.24) is 0 Å². The molecule has 0 N–H and O–H groups in total. The molecule has 0 saturated heterocycles. The number of aryl methyl sites for hydroxylation is 1. The van der Waals surface area contributed by atoms with Gasteiger partial charge in [0.25, 0.3) is 0 Å². The van der Waals surface area contributed by atoms with Crippen molar-refractivity contribution in [2.24, 2.45) is 0 Å². The van der Waals surface area contributed by atoms with Crippen LogP contribution in [-0.4, -0.2) is 10.9 Å². The van der Waals surface area contributed by atoms with E-state index in [1.165, 1.54) is 18.7 Å². The summed E-state index contributed by atoms with van der Waals surface area (Å²) in [6, 6.07) is 7.63. The maximum atomic E-state index is 10.7. The Morgan fingerprint density at radius 2 is 2.25 bits per heavy atom. The second-order valence-corrected chi connectivity index (χ2v) is 4.38. The molecule has 0 aliphatic carbocycles. The van der Waals surface area contributed by atoms with Gasteiger partial charge in [-0.1, -0.05) is 29.7 Å². The zero-order valence-electron chi connectivity index (χ0n) is 9.20. The lowest BCUT2D eigenvalue weighted by Gasteiger charge is -1.96. The van der Waals surface area contributed by atoms with Gasteiger partial charge in [0.15, 0.2) is 5.12 Å². The predicted octanol–water partition coefficient (Wildman–Crippen LogP) is 2.50. The molecule has 0 heterocycles. The van der Waals surface area contributed by atoms with Crippen molar-refractivity contribution < 1.29 is 4.79 Å². The minimum atomic E-state index is 0.0657. The Bertz CT molecular complexity index is 503. The van der Waals surface area contributed by atoms with Gasteiger partial charge in [-0.25, -0.2) is 0 Å². The van der Waals surface area contributed by atoms with E-state index in [0.717, 1.165) is 11.1 Å². The van der Waals surface area contributed by atoms with Crippen molar-refractivity contribution >= 4 is 16.9 Å². The summed E-state index contributed by atoms with van der Waals surface area (Å²) in [5.74, 6) is 6.31. The van der Waals surface area contributed by atoms with Gasteiger partial charge >= 0.3 is 0 Å². The molecular formula is C13H11NOS. The Hall–Kier alpha value is -1.71. The Kier molecular flexibility index (Phi) is 4.64. The summed E-state index contributed by atoms with van der Waals surface area (Å²) < 4.78 is 0. The van der Waals surface area contributed by atoms with Gasteiger partial charge in [0.2, 0.25) is 0 Å². The van der Waals surface area contributed by atoms with Crippen LogP contribution in [-0.2, 0) is 4.79 Å². The van der Waals surface area contributed by atoms with Crippen LogP contribution in [0.25, 0.3) is 0 Å². The lowest BCUT2D eigenvalue weighted by Crippen LogP contribution is -1.85. The van der Waals surface area contributed by atoms with Crippen LogP contribution in [0.4, 0.5) is 0 Å². The first-order chi connectivity index (χ1) is 7.63. The molecule has 1 rings (SSSR count). The molecule has 1 aromatic rings. The second-order valence-electron chi connectivity index (χ2n) is 3.22. The molecule has 0 aliphatic rings. The van der Waals surface area contributed by atoms with Gasteiger partial charge in [-0.2, -0.15) is 5.26 Å². The van der Waals surface area contributed by atoms with Crippen LogP contribution >= 0.6 is 11.8 Å². The number of carbonyl (C=O) groups excluding carboxylic acids is 1. The van der Waals surface area contributed by atoms with Gasteiger partial charge in [0.1, 0.15) is 0 Å². The Morgan fingerprint density at radius 1 is 1.50 bits per heavy atom. The molecule has 0 fully saturated rings. The summed E-state index contributed by atoms with van der Waals surface area (Å²) >= 11 is 1.19. The van der Waals surface area contributed by atoms with Gasteiger partial charge in [-0.15, -0.1) is 0 Å². The number of hydrogen-bond donors (Lipinski definition) is 0. The molecular weight excluding hydrogens is 218 g/mol. The number of rotatable bonds is 1. The fraction of sp³-hybridized carbons (Fsp3) is 0.231. The molecule has 0 aromatic heterocycles. The Balaban J connectivity index is 2.75. The normalized spacial score (nSPS) is 8.81. The van der Waals surface area contributed by atoms with Crippen molar-refractivity contribution in [2.75, 3.05) is 5.75 Å². The quantitative estimate of drug-likeness (QED) is 0.695. The van der Waals surface area contributed by atoms with Crippen molar-refractivity contribution in [3.63, 3.8) is 0 Å². The Morgan fingerprint density at radius 3 is 2.88 bits per heavy atom. The average Bonchev–Trinajstić information content (AvgIpc) is 2.26. The maximum absolute atomic E-state index is 10.7. The van der Waals surface area contributed by atoms with Crippen molar-refractivity contribution in [2.45, 2.75) is 13.8 Å². The summed E-state index contributed by atoms with van der Waals surface area (Å²) in [5.41, 5.74) is 2.41. The van der Waals surface area contributed by atoms with E-state index in [-0.39, 0.29) is 5.12 Å². The molecule has 0 amide bonds. The molecule has 0 aliphatic heterocycles. The minimum Gasteiger partial charge on any atom is -0.288 e. The fourth-order valence-electron chi connectivity index (χ4n) is 1.10. The molecule has 2 nitrogen and oxygen atoms in total. The zero-order chi connectivity index (χ0) is 12.0. The van der Waals surface area contributed by atoms with Crippen LogP contribution < -0.4 is 0 Å². The lowest BCUT2D eigenvalue weighted by molar-refractivity contribution is -0.109. The van der Waals surface area contributed by atoms with Crippen LogP contribution in [0.5, 0.6) is 0 Å². The van der Waals surface area contributed by atoms with Crippen LogP contribution in [0.2, 0.25) is 0 Å². The number of nitriles is 1. The number of benzene rings is 1. The third-order valence-electron chi connectivity index (χ3n) is 1.94. The van der Waals surface area contributed by atoms with Crippen molar-refractivity contribution in [3.05, 3.63) is 34.9 Å². The topological polar surface area (TPSA) is 40.9 Å². The maximum Gasteiger partial charge on any atom is 0.186 e. The predicted molar refractivity (Wildman–Crippen MR) is 65.9 cm³/mol. The molecule has 80 valence electrons. The fourth-order valence-corrected chi connectivity index (χ4v) is 1.44. The van der Waals surface area contributed by atoms with E-state index in [1.54, 1.807) is 6.07 Å². The van der Waals surface area contributed by atoms with E-state index in [4.69, 9.17) is 5.26 Å². The van der Waals surface area contributed by atoms with Gasteiger partial charge in [0.05, 0.1) is 17.4 Å². The highest BCUT2D eigenvalue weighted by Gasteiger charge is 1.96. The molecule has 0 radical (unpaired) electrons.